The standard InChI is InChI=1S/C27H21N/c1-18-15-19(2)17-22(16-18)24-12-11-20-7-3-5-9-23(20)26(24)27-25-10-6-4-8-21(25)13-14-28-27/h3-17H,1-2H3. The highest BCUT2D eigenvalue weighted by atomic mass is 14.7. The maximum atomic E-state index is 4.86. The van der Waals surface area contributed by atoms with Crippen LogP contribution >= 0.6 is 0 Å². The van der Waals surface area contributed by atoms with E-state index in [1.54, 1.807) is 0 Å². The summed E-state index contributed by atoms with van der Waals surface area (Å²) >= 11 is 0. The van der Waals surface area contributed by atoms with E-state index in [4.69, 9.17) is 4.98 Å². The van der Waals surface area contributed by atoms with Gasteiger partial charge in [-0.05, 0) is 47.2 Å². The van der Waals surface area contributed by atoms with Gasteiger partial charge in [-0.2, -0.15) is 0 Å². The van der Waals surface area contributed by atoms with Crippen molar-refractivity contribution in [3.63, 3.8) is 0 Å². The predicted octanol–water partition coefficient (Wildman–Crippen LogP) is 7.34. The van der Waals surface area contributed by atoms with E-state index in [9.17, 15) is 0 Å². The minimum absolute atomic E-state index is 1.05. The normalized spacial score (nSPS) is 11.2. The van der Waals surface area contributed by atoms with E-state index in [0.29, 0.717) is 0 Å². The molecule has 0 spiro atoms. The molecule has 1 heteroatoms. The lowest BCUT2D eigenvalue weighted by atomic mass is 9.89. The molecule has 0 N–H and O–H groups in total. The Kier molecular flexibility index (Phi) is 3.95. The maximum Gasteiger partial charge on any atom is 0.0792 e. The van der Waals surface area contributed by atoms with E-state index in [0.717, 1.165) is 5.69 Å². The highest BCUT2D eigenvalue weighted by Crippen LogP contribution is 2.40. The van der Waals surface area contributed by atoms with Crippen LogP contribution < -0.4 is 0 Å². The number of pyridine rings is 1. The minimum Gasteiger partial charge on any atom is -0.256 e. The quantitative estimate of drug-likeness (QED) is 0.321. The SMILES string of the molecule is Cc1cc(C)cc(-c2ccc3ccccc3c2-c2nccc3ccccc23)c1. The second kappa shape index (κ2) is 6.61. The molecule has 0 amide bonds. The predicted molar refractivity (Wildman–Crippen MR) is 120 cm³/mol. The summed E-state index contributed by atoms with van der Waals surface area (Å²) in [4.78, 5) is 4.86. The van der Waals surface area contributed by atoms with Crippen LogP contribution in [0.5, 0.6) is 0 Å². The summed E-state index contributed by atoms with van der Waals surface area (Å²) in [6, 6.07) is 30.4. The Balaban J connectivity index is 1.93. The van der Waals surface area contributed by atoms with Gasteiger partial charge in [0.1, 0.15) is 0 Å². The third-order valence-corrected chi connectivity index (χ3v) is 5.37. The molecule has 0 aliphatic rings. The van der Waals surface area contributed by atoms with Crippen LogP contribution in [0.1, 0.15) is 11.1 Å². The van der Waals surface area contributed by atoms with Crippen molar-refractivity contribution < 1.29 is 0 Å². The number of nitrogens with zero attached hydrogens (tertiary/aromatic N) is 1. The summed E-state index contributed by atoms with van der Waals surface area (Å²) in [5, 5.41) is 4.88. The second-order valence-corrected chi connectivity index (χ2v) is 7.47. The van der Waals surface area contributed by atoms with Crippen LogP contribution in [0.3, 0.4) is 0 Å². The van der Waals surface area contributed by atoms with Crippen molar-refractivity contribution in [3.05, 3.63) is 102 Å². The van der Waals surface area contributed by atoms with Crippen LogP contribution in [0.15, 0.2) is 91.1 Å². The van der Waals surface area contributed by atoms with E-state index in [1.807, 2.05) is 6.20 Å². The molecule has 0 bridgehead atoms. The Bertz CT molecular complexity index is 1310. The van der Waals surface area contributed by atoms with Crippen molar-refractivity contribution in [1.29, 1.82) is 0 Å². The average Bonchev–Trinajstić information content (AvgIpc) is 2.72. The number of aryl methyl sites for hydroxylation is 2. The van der Waals surface area contributed by atoms with Crippen LogP contribution in [0.25, 0.3) is 43.9 Å². The summed E-state index contributed by atoms with van der Waals surface area (Å²) in [5.41, 5.74) is 7.28. The fourth-order valence-corrected chi connectivity index (χ4v) is 4.22. The molecule has 0 saturated heterocycles. The first-order valence-corrected chi connectivity index (χ1v) is 9.65. The van der Waals surface area contributed by atoms with Crippen LogP contribution in [-0.4, -0.2) is 4.98 Å². The van der Waals surface area contributed by atoms with Crippen LogP contribution in [0.4, 0.5) is 0 Å². The molecule has 1 aromatic heterocycles. The molecule has 0 radical (unpaired) electrons. The van der Waals surface area contributed by atoms with Crippen molar-refractivity contribution in [1.82, 2.24) is 4.98 Å². The van der Waals surface area contributed by atoms with Gasteiger partial charge < -0.3 is 0 Å². The van der Waals surface area contributed by atoms with E-state index in [2.05, 4.69) is 98.8 Å². The summed E-state index contributed by atoms with van der Waals surface area (Å²) in [5.74, 6) is 0. The van der Waals surface area contributed by atoms with Crippen LogP contribution in [-0.2, 0) is 0 Å². The van der Waals surface area contributed by atoms with Gasteiger partial charge in [0, 0.05) is 17.1 Å². The Morgan fingerprint density at radius 2 is 1.25 bits per heavy atom. The molecule has 0 aliphatic carbocycles. The van der Waals surface area contributed by atoms with Crippen molar-refractivity contribution in [3.8, 4) is 22.4 Å². The number of hydrogen-bond donors (Lipinski definition) is 0. The highest BCUT2D eigenvalue weighted by Gasteiger charge is 2.15. The van der Waals surface area contributed by atoms with Crippen molar-refractivity contribution in [2.45, 2.75) is 13.8 Å². The molecule has 5 aromatic rings. The van der Waals surface area contributed by atoms with Crippen LogP contribution in [0.2, 0.25) is 0 Å². The monoisotopic (exact) mass is 359 g/mol. The fourth-order valence-electron chi connectivity index (χ4n) is 4.22. The number of fused-ring (bicyclic) bond motifs is 2. The maximum absolute atomic E-state index is 4.86. The zero-order valence-corrected chi connectivity index (χ0v) is 16.1. The summed E-state index contributed by atoms with van der Waals surface area (Å²) in [7, 11) is 0. The molecular formula is C27H21N. The van der Waals surface area contributed by atoms with Crippen molar-refractivity contribution >= 4 is 21.5 Å². The molecule has 0 unspecified atom stereocenters. The molecule has 0 fully saturated rings. The molecular weight excluding hydrogens is 338 g/mol. The molecule has 0 saturated carbocycles. The number of hydrogen-bond acceptors (Lipinski definition) is 1. The van der Waals surface area contributed by atoms with E-state index >= 15 is 0 Å². The molecule has 28 heavy (non-hydrogen) atoms. The van der Waals surface area contributed by atoms with Gasteiger partial charge in [0.2, 0.25) is 0 Å². The van der Waals surface area contributed by atoms with Crippen molar-refractivity contribution in [2.24, 2.45) is 0 Å². The van der Waals surface area contributed by atoms with Gasteiger partial charge in [-0.15, -0.1) is 0 Å². The molecule has 1 nitrogen and oxygen atoms in total. The molecule has 0 atom stereocenters. The topological polar surface area (TPSA) is 12.9 Å². The number of benzene rings is 4. The number of aromatic nitrogens is 1. The molecule has 0 aliphatic heterocycles. The van der Waals surface area contributed by atoms with Gasteiger partial charge >= 0.3 is 0 Å². The Morgan fingerprint density at radius 3 is 2.00 bits per heavy atom. The molecule has 4 aromatic carbocycles. The van der Waals surface area contributed by atoms with Gasteiger partial charge in [0.05, 0.1) is 5.69 Å². The minimum atomic E-state index is 1.05. The Hall–Kier alpha value is -3.45. The zero-order chi connectivity index (χ0) is 19.1. The van der Waals surface area contributed by atoms with Gasteiger partial charge in [-0.1, -0.05) is 90.0 Å². The van der Waals surface area contributed by atoms with Gasteiger partial charge in [0.25, 0.3) is 0 Å². The molecule has 5 rings (SSSR count). The summed E-state index contributed by atoms with van der Waals surface area (Å²) in [6.07, 6.45) is 1.92. The van der Waals surface area contributed by atoms with E-state index in [-0.39, 0.29) is 0 Å². The Morgan fingerprint density at radius 1 is 0.607 bits per heavy atom. The van der Waals surface area contributed by atoms with E-state index in [1.165, 1.54) is 49.4 Å². The first kappa shape index (κ1) is 16.7. The smallest absolute Gasteiger partial charge is 0.0792 e. The third-order valence-electron chi connectivity index (χ3n) is 5.37. The average molecular weight is 359 g/mol. The lowest BCUT2D eigenvalue weighted by molar-refractivity contribution is 1.36. The first-order valence-electron chi connectivity index (χ1n) is 9.65. The highest BCUT2D eigenvalue weighted by molar-refractivity contribution is 6.09. The largest absolute Gasteiger partial charge is 0.256 e. The zero-order valence-electron chi connectivity index (χ0n) is 16.1. The number of rotatable bonds is 2. The molecule has 1 heterocycles. The van der Waals surface area contributed by atoms with Gasteiger partial charge in [-0.25, -0.2) is 0 Å². The lowest BCUT2D eigenvalue weighted by Crippen LogP contribution is -1.93. The third kappa shape index (κ3) is 2.76. The molecule has 134 valence electrons. The van der Waals surface area contributed by atoms with E-state index < -0.39 is 0 Å². The van der Waals surface area contributed by atoms with Crippen molar-refractivity contribution in [2.75, 3.05) is 0 Å². The summed E-state index contributed by atoms with van der Waals surface area (Å²) in [6.45, 7) is 4.32. The fraction of sp³-hybridized carbons (Fsp3) is 0.0741. The Labute approximate surface area is 165 Å². The van der Waals surface area contributed by atoms with Crippen LogP contribution in [0, 0.1) is 13.8 Å². The van der Waals surface area contributed by atoms with Gasteiger partial charge in [0.15, 0.2) is 0 Å². The lowest BCUT2D eigenvalue weighted by Gasteiger charge is -2.16. The first-order chi connectivity index (χ1) is 13.7. The van der Waals surface area contributed by atoms with Gasteiger partial charge in [-0.3, -0.25) is 4.98 Å². The second-order valence-electron chi connectivity index (χ2n) is 7.47. The summed E-state index contributed by atoms with van der Waals surface area (Å²) < 4.78 is 0.